The Bertz CT molecular complexity index is 681. The zero-order chi connectivity index (χ0) is 16.7. The minimum absolute atomic E-state index is 0.129. The van der Waals surface area contributed by atoms with E-state index in [1.807, 2.05) is 31.2 Å². The Labute approximate surface area is 135 Å². The quantitative estimate of drug-likeness (QED) is 0.859. The van der Waals surface area contributed by atoms with E-state index in [0.29, 0.717) is 5.69 Å². The van der Waals surface area contributed by atoms with Crippen molar-refractivity contribution in [1.82, 2.24) is 0 Å². The monoisotopic (exact) mass is 312 g/mol. The van der Waals surface area contributed by atoms with Crippen LogP contribution >= 0.6 is 0 Å². The van der Waals surface area contributed by atoms with E-state index in [1.165, 1.54) is 0 Å². The van der Waals surface area contributed by atoms with Crippen molar-refractivity contribution >= 4 is 23.2 Å². The lowest BCUT2D eigenvalue weighted by Crippen LogP contribution is -2.17. The van der Waals surface area contributed by atoms with Crippen molar-refractivity contribution < 1.29 is 14.3 Å². The third-order valence-electron chi connectivity index (χ3n) is 3.37. The molecule has 0 aliphatic carbocycles. The summed E-state index contributed by atoms with van der Waals surface area (Å²) < 4.78 is 5.05. The first-order chi connectivity index (χ1) is 11.1. The highest BCUT2D eigenvalue weighted by Crippen LogP contribution is 2.16. The van der Waals surface area contributed by atoms with E-state index in [2.05, 4.69) is 10.6 Å². The third kappa shape index (κ3) is 5.14. The van der Waals surface area contributed by atoms with Gasteiger partial charge in [-0.1, -0.05) is 18.2 Å². The highest BCUT2D eigenvalue weighted by Gasteiger charge is 2.08. The molecule has 0 aromatic heterocycles. The molecule has 5 heteroatoms. The Morgan fingerprint density at radius 1 is 0.913 bits per heavy atom. The fraction of sp³-hybridized carbons (Fsp3) is 0.222. The van der Waals surface area contributed by atoms with Crippen LogP contribution < -0.4 is 15.4 Å². The van der Waals surface area contributed by atoms with E-state index >= 15 is 0 Å². The Balaban J connectivity index is 1.79. The molecule has 0 heterocycles. The number of carbonyl (C=O) groups is 2. The van der Waals surface area contributed by atoms with Crippen molar-refractivity contribution in [2.24, 2.45) is 0 Å². The summed E-state index contributed by atoms with van der Waals surface area (Å²) in [4.78, 5) is 23.8. The Morgan fingerprint density at radius 3 is 2.13 bits per heavy atom. The SMILES string of the molecule is COc1ccc(NC(=O)CCC(=O)Nc2ccccc2C)cc1. The van der Waals surface area contributed by atoms with Crippen LogP contribution in [0.25, 0.3) is 0 Å². The molecular formula is C18H20N2O3. The zero-order valence-electron chi connectivity index (χ0n) is 13.3. The maximum Gasteiger partial charge on any atom is 0.224 e. The number of nitrogens with one attached hydrogen (secondary N) is 2. The molecule has 2 N–H and O–H groups in total. The number of hydrogen-bond acceptors (Lipinski definition) is 3. The molecule has 0 saturated carbocycles. The van der Waals surface area contributed by atoms with E-state index in [1.54, 1.807) is 31.4 Å². The molecule has 120 valence electrons. The molecule has 0 bridgehead atoms. The topological polar surface area (TPSA) is 67.4 Å². The highest BCUT2D eigenvalue weighted by atomic mass is 16.5. The number of methoxy groups -OCH3 is 1. The molecule has 0 atom stereocenters. The minimum atomic E-state index is -0.199. The molecule has 0 spiro atoms. The van der Waals surface area contributed by atoms with Crippen LogP contribution in [0.3, 0.4) is 0 Å². The Kier molecular flexibility index (Phi) is 5.74. The van der Waals surface area contributed by atoms with E-state index in [4.69, 9.17) is 4.74 Å². The van der Waals surface area contributed by atoms with Crippen molar-refractivity contribution in [2.45, 2.75) is 19.8 Å². The first-order valence-electron chi connectivity index (χ1n) is 7.38. The number of carbonyl (C=O) groups excluding carboxylic acids is 2. The van der Waals surface area contributed by atoms with Crippen molar-refractivity contribution in [3.8, 4) is 5.75 Å². The number of amides is 2. The minimum Gasteiger partial charge on any atom is -0.497 e. The predicted octanol–water partition coefficient (Wildman–Crippen LogP) is 3.36. The van der Waals surface area contributed by atoms with Crippen LogP contribution in [-0.4, -0.2) is 18.9 Å². The molecule has 0 aliphatic heterocycles. The van der Waals surface area contributed by atoms with Gasteiger partial charge in [-0.25, -0.2) is 0 Å². The smallest absolute Gasteiger partial charge is 0.224 e. The number of ether oxygens (including phenoxy) is 1. The van der Waals surface area contributed by atoms with Crippen LogP contribution in [0.15, 0.2) is 48.5 Å². The van der Waals surface area contributed by atoms with Crippen molar-refractivity contribution in [1.29, 1.82) is 0 Å². The molecule has 5 nitrogen and oxygen atoms in total. The van der Waals surface area contributed by atoms with Crippen molar-refractivity contribution in [3.05, 3.63) is 54.1 Å². The molecule has 0 aliphatic rings. The normalized spacial score (nSPS) is 10.0. The lowest BCUT2D eigenvalue weighted by Gasteiger charge is -2.08. The average Bonchev–Trinajstić information content (AvgIpc) is 2.56. The van der Waals surface area contributed by atoms with Crippen LogP contribution in [0, 0.1) is 6.92 Å². The van der Waals surface area contributed by atoms with Crippen LogP contribution in [0.4, 0.5) is 11.4 Å². The molecular weight excluding hydrogens is 292 g/mol. The number of benzene rings is 2. The summed E-state index contributed by atoms with van der Waals surface area (Å²) in [6, 6.07) is 14.6. The van der Waals surface area contributed by atoms with Gasteiger partial charge in [-0.3, -0.25) is 9.59 Å². The maximum atomic E-state index is 11.9. The summed E-state index contributed by atoms with van der Waals surface area (Å²) in [6.45, 7) is 1.92. The first-order valence-corrected chi connectivity index (χ1v) is 7.38. The van der Waals surface area contributed by atoms with Gasteiger partial charge in [0.2, 0.25) is 11.8 Å². The second kappa shape index (κ2) is 7.98. The summed E-state index contributed by atoms with van der Waals surface area (Å²) in [7, 11) is 1.58. The molecule has 0 radical (unpaired) electrons. The van der Waals surface area contributed by atoms with Crippen LogP contribution in [-0.2, 0) is 9.59 Å². The fourth-order valence-electron chi connectivity index (χ4n) is 2.05. The standard InChI is InChI=1S/C18H20N2O3/c1-13-5-3-4-6-16(13)20-18(22)12-11-17(21)19-14-7-9-15(23-2)10-8-14/h3-10H,11-12H2,1-2H3,(H,19,21)(H,20,22). The maximum absolute atomic E-state index is 11.9. The molecule has 2 aromatic carbocycles. The van der Waals surface area contributed by atoms with E-state index in [0.717, 1.165) is 17.0 Å². The molecule has 2 rings (SSSR count). The Hall–Kier alpha value is -2.82. The van der Waals surface area contributed by atoms with Gasteiger partial charge >= 0.3 is 0 Å². The third-order valence-corrected chi connectivity index (χ3v) is 3.37. The van der Waals surface area contributed by atoms with Gasteiger partial charge in [-0.15, -0.1) is 0 Å². The lowest BCUT2D eigenvalue weighted by atomic mass is 10.2. The number of aryl methyl sites for hydroxylation is 1. The highest BCUT2D eigenvalue weighted by molar-refractivity contribution is 5.97. The van der Waals surface area contributed by atoms with Crippen LogP contribution in [0.2, 0.25) is 0 Å². The van der Waals surface area contributed by atoms with Gasteiger partial charge in [0.1, 0.15) is 5.75 Å². The summed E-state index contributed by atoms with van der Waals surface area (Å²) >= 11 is 0. The average molecular weight is 312 g/mol. The number of anilines is 2. The van der Waals surface area contributed by atoms with Gasteiger partial charge < -0.3 is 15.4 Å². The molecule has 23 heavy (non-hydrogen) atoms. The molecule has 2 amide bonds. The second-order valence-electron chi connectivity index (χ2n) is 5.14. The van der Waals surface area contributed by atoms with Gasteiger partial charge in [0.15, 0.2) is 0 Å². The summed E-state index contributed by atoms with van der Waals surface area (Å²) in [5.74, 6) is 0.347. The van der Waals surface area contributed by atoms with Crippen LogP contribution in [0.1, 0.15) is 18.4 Å². The van der Waals surface area contributed by atoms with Gasteiger partial charge in [0, 0.05) is 24.2 Å². The van der Waals surface area contributed by atoms with Crippen molar-refractivity contribution in [3.63, 3.8) is 0 Å². The number of rotatable bonds is 6. The zero-order valence-corrected chi connectivity index (χ0v) is 13.3. The first kappa shape index (κ1) is 16.5. The predicted molar refractivity (Wildman–Crippen MR) is 90.7 cm³/mol. The van der Waals surface area contributed by atoms with E-state index < -0.39 is 0 Å². The molecule has 0 unspecified atom stereocenters. The lowest BCUT2D eigenvalue weighted by molar-refractivity contribution is -0.121. The molecule has 0 fully saturated rings. The molecule has 2 aromatic rings. The number of hydrogen-bond donors (Lipinski definition) is 2. The Morgan fingerprint density at radius 2 is 1.52 bits per heavy atom. The van der Waals surface area contributed by atoms with Crippen LogP contribution in [0.5, 0.6) is 5.75 Å². The largest absolute Gasteiger partial charge is 0.497 e. The van der Waals surface area contributed by atoms with E-state index in [-0.39, 0.29) is 24.7 Å². The van der Waals surface area contributed by atoms with Gasteiger partial charge in [-0.2, -0.15) is 0 Å². The number of para-hydroxylation sites is 1. The van der Waals surface area contributed by atoms with Gasteiger partial charge in [0.05, 0.1) is 7.11 Å². The van der Waals surface area contributed by atoms with Gasteiger partial charge in [-0.05, 0) is 42.8 Å². The molecule has 0 saturated heterocycles. The second-order valence-corrected chi connectivity index (χ2v) is 5.14. The summed E-state index contributed by atoms with van der Waals surface area (Å²) in [6.07, 6.45) is 0.264. The van der Waals surface area contributed by atoms with Gasteiger partial charge in [0.25, 0.3) is 0 Å². The fourth-order valence-corrected chi connectivity index (χ4v) is 2.05. The van der Waals surface area contributed by atoms with Crippen molar-refractivity contribution in [2.75, 3.05) is 17.7 Å². The summed E-state index contributed by atoms with van der Waals surface area (Å²) in [5.41, 5.74) is 2.44. The van der Waals surface area contributed by atoms with E-state index in [9.17, 15) is 9.59 Å². The summed E-state index contributed by atoms with van der Waals surface area (Å²) in [5, 5.41) is 5.56.